The second-order valence-corrected chi connectivity index (χ2v) is 5.40. The summed E-state index contributed by atoms with van der Waals surface area (Å²) in [7, 11) is 1.28. The molecule has 118 valence electrons. The minimum absolute atomic E-state index is 0.0394. The highest BCUT2D eigenvalue weighted by Gasteiger charge is 2.34. The van der Waals surface area contributed by atoms with Gasteiger partial charge in [0.1, 0.15) is 5.75 Å². The Morgan fingerprint density at radius 1 is 1.35 bits per heavy atom. The van der Waals surface area contributed by atoms with Crippen molar-refractivity contribution in [1.82, 2.24) is 4.90 Å². The zero-order valence-corrected chi connectivity index (χ0v) is 13.1. The quantitative estimate of drug-likeness (QED) is 0.466. The molecule has 6 nitrogen and oxygen atoms in total. The van der Waals surface area contributed by atoms with Crippen LogP contribution in [0, 0.1) is 12.3 Å². The zero-order chi connectivity index (χ0) is 16.8. The van der Waals surface area contributed by atoms with Crippen molar-refractivity contribution < 1.29 is 23.9 Å². The van der Waals surface area contributed by atoms with Crippen LogP contribution in [0.5, 0.6) is 5.75 Å². The average molecular weight is 331 g/mol. The van der Waals surface area contributed by atoms with E-state index < -0.39 is 11.9 Å². The summed E-state index contributed by atoms with van der Waals surface area (Å²) in [6, 6.07) is 6.73. The molecule has 1 aromatic carbocycles. The Morgan fingerprint density at radius 3 is 2.65 bits per heavy atom. The summed E-state index contributed by atoms with van der Waals surface area (Å²) in [6.45, 7) is -0.219. The zero-order valence-electron chi connectivity index (χ0n) is 12.3. The van der Waals surface area contributed by atoms with Gasteiger partial charge in [-0.05, 0) is 35.5 Å². The van der Waals surface area contributed by atoms with Gasteiger partial charge < -0.3 is 9.47 Å². The minimum Gasteiger partial charge on any atom is -0.482 e. The number of carbonyl (C=O) groups is 3. The normalized spacial score (nSPS) is 15.7. The fourth-order valence-electron chi connectivity index (χ4n) is 1.74. The lowest BCUT2D eigenvalue weighted by molar-refractivity contribution is -0.142. The highest BCUT2D eigenvalue weighted by Crippen LogP contribution is 2.32. The Kier molecular flexibility index (Phi) is 5.44. The molecule has 0 aromatic heterocycles. The molecule has 0 saturated carbocycles. The van der Waals surface area contributed by atoms with Gasteiger partial charge in [0, 0.05) is 0 Å². The predicted octanol–water partition coefficient (Wildman–Crippen LogP) is 1.91. The lowest BCUT2D eigenvalue weighted by atomic mass is 10.2. The number of amides is 2. The number of terminal acetylenes is 1. The number of hydrogen-bond acceptors (Lipinski definition) is 6. The van der Waals surface area contributed by atoms with Crippen LogP contribution >= 0.6 is 11.8 Å². The monoisotopic (exact) mass is 331 g/mol. The molecule has 1 heterocycles. The number of esters is 1. The van der Waals surface area contributed by atoms with Crippen LogP contribution in [-0.2, 0) is 14.3 Å². The number of rotatable bonds is 5. The van der Waals surface area contributed by atoms with Gasteiger partial charge in [0.25, 0.3) is 11.1 Å². The smallest absolute Gasteiger partial charge is 0.343 e. The molecule has 1 aromatic rings. The molecule has 7 heteroatoms. The highest BCUT2D eigenvalue weighted by atomic mass is 32.2. The molecular formula is C16H13NO5S. The summed E-state index contributed by atoms with van der Waals surface area (Å²) in [4.78, 5) is 36.0. The molecule has 1 fully saturated rings. The van der Waals surface area contributed by atoms with Crippen LogP contribution in [0.2, 0.25) is 0 Å². The lowest BCUT2D eigenvalue weighted by Crippen LogP contribution is -2.28. The van der Waals surface area contributed by atoms with Crippen molar-refractivity contribution in [2.45, 2.75) is 0 Å². The van der Waals surface area contributed by atoms with Gasteiger partial charge in [-0.1, -0.05) is 18.1 Å². The third-order valence-electron chi connectivity index (χ3n) is 2.89. The van der Waals surface area contributed by atoms with Crippen LogP contribution < -0.4 is 4.74 Å². The third kappa shape index (κ3) is 4.14. The standard InChI is InChI=1S/C16H13NO5S/c1-3-8-17-15(19)13(23-16(17)20)9-11-4-6-12(7-5-11)22-10-14(18)21-2/h1,4-7,9H,8,10H2,2H3/b13-9+. The van der Waals surface area contributed by atoms with Crippen LogP contribution in [-0.4, -0.2) is 42.3 Å². The molecule has 1 saturated heterocycles. The van der Waals surface area contributed by atoms with Crippen molar-refractivity contribution in [2.75, 3.05) is 20.3 Å². The minimum atomic E-state index is -0.476. The number of benzene rings is 1. The van der Waals surface area contributed by atoms with E-state index in [4.69, 9.17) is 11.2 Å². The van der Waals surface area contributed by atoms with Crippen molar-refractivity contribution in [2.24, 2.45) is 0 Å². The van der Waals surface area contributed by atoms with E-state index in [2.05, 4.69) is 10.7 Å². The summed E-state index contributed by atoms with van der Waals surface area (Å²) in [5.74, 6) is 1.90. The Bertz CT molecular complexity index is 702. The number of methoxy groups -OCH3 is 1. The highest BCUT2D eigenvalue weighted by molar-refractivity contribution is 8.18. The Labute approximate surface area is 137 Å². The fourth-order valence-corrected chi connectivity index (χ4v) is 2.58. The molecule has 2 rings (SSSR count). The number of imide groups is 1. The van der Waals surface area contributed by atoms with Crippen LogP contribution in [0.15, 0.2) is 29.2 Å². The number of thioether (sulfide) groups is 1. The van der Waals surface area contributed by atoms with Crippen LogP contribution in [0.4, 0.5) is 4.79 Å². The topological polar surface area (TPSA) is 72.9 Å². The van der Waals surface area contributed by atoms with E-state index in [1.807, 2.05) is 0 Å². The van der Waals surface area contributed by atoms with Crippen molar-refractivity contribution in [3.05, 3.63) is 34.7 Å². The van der Waals surface area contributed by atoms with E-state index in [0.717, 1.165) is 22.2 Å². The van der Waals surface area contributed by atoms with Crippen LogP contribution in [0.3, 0.4) is 0 Å². The number of hydrogen-bond donors (Lipinski definition) is 0. The largest absolute Gasteiger partial charge is 0.482 e. The SMILES string of the molecule is C#CCN1C(=O)S/C(=C/c2ccc(OCC(=O)OC)cc2)C1=O. The summed E-state index contributed by atoms with van der Waals surface area (Å²) in [6.07, 6.45) is 6.74. The predicted molar refractivity (Wildman–Crippen MR) is 85.5 cm³/mol. The second-order valence-electron chi connectivity index (χ2n) is 4.41. The Hall–Kier alpha value is -2.72. The van der Waals surface area contributed by atoms with Gasteiger partial charge in [0.05, 0.1) is 18.6 Å². The summed E-state index contributed by atoms with van der Waals surface area (Å²) in [5.41, 5.74) is 0.724. The molecular weight excluding hydrogens is 318 g/mol. The molecule has 0 spiro atoms. The van der Waals surface area contributed by atoms with E-state index in [1.165, 1.54) is 7.11 Å². The third-order valence-corrected chi connectivity index (χ3v) is 3.79. The van der Waals surface area contributed by atoms with Crippen LogP contribution in [0.25, 0.3) is 6.08 Å². The van der Waals surface area contributed by atoms with Gasteiger partial charge in [-0.15, -0.1) is 6.42 Å². The van der Waals surface area contributed by atoms with Gasteiger partial charge in [-0.25, -0.2) is 4.79 Å². The van der Waals surface area contributed by atoms with E-state index in [9.17, 15) is 14.4 Å². The van der Waals surface area contributed by atoms with Crippen LogP contribution in [0.1, 0.15) is 5.56 Å². The van der Waals surface area contributed by atoms with Gasteiger partial charge in [0.15, 0.2) is 6.61 Å². The van der Waals surface area contributed by atoms with Crippen molar-refractivity contribution in [1.29, 1.82) is 0 Å². The number of carbonyl (C=O) groups excluding carboxylic acids is 3. The first kappa shape index (κ1) is 16.6. The van der Waals surface area contributed by atoms with E-state index in [1.54, 1.807) is 30.3 Å². The van der Waals surface area contributed by atoms with E-state index >= 15 is 0 Å². The van der Waals surface area contributed by atoms with Gasteiger partial charge in [0.2, 0.25) is 0 Å². The molecule has 0 aliphatic carbocycles. The van der Waals surface area contributed by atoms with Crippen molar-refractivity contribution >= 4 is 35.0 Å². The Balaban J connectivity index is 2.06. The Morgan fingerprint density at radius 2 is 2.04 bits per heavy atom. The maximum Gasteiger partial charge on any atom is 0.343 e. The van der Waals surface area contributed by atoms with Crippen molar-refractivity contribution in [3.63, 3.8) is 0 Å². The van der Waals surface area contributed by atoms with Gasteiger partial charge >= 0.3 is 5.97 Å². The molecule has 0 bridgehead atoms. The molecule has 2 amide bonds. The lowest BCUT2D eigenvalue weighted by Gasteiger charge is -2.06. The molecule has 1 aliphatic heterocycles. The number of ether oxygens (including phenoxy) is 2. The summed E-state index contributed by atoms with van der Waals surface area (Å²) >= 11 is 0.848. The van der Waals surface area contributed by atoms with E-state index in [-0.39, 0.29) is 18.4 Å². The first-order chi connectivity index (χ1) is 11.0. The summed E-state index contributed by atoms with van der Waals surface area (Å²) < 4.78 is 9.69. The van der Waals surface area contributed by atoms with Crippen molar-refractivity contribution in [3.8, 4) is 18.1 Å². The molecule has 23 heavy (non-hydrogen) atoms. The molecule has 1 aliphatic rings. The maximum absolute atomic E-state index is 12.0. The molecule has 0 N–H and O–H groups in total. The average Bonchev–Trinajstić information content (AvgIpc) is 2.82. The fraction of sp³-hybridized carbons (Fsp3) is 0.188. The first-order valence-corrected chi connectivity index (χ1v) is 7.35. The molecule has 0 radical (unpaired) electrons. The first-order valence-electron chi connectivity index (χ1n) is 6.53. The maximum atomic E-state index is 12.0. The molecule has 0 unspecified atom stereocenters. The molecule has 0 atom stereocenters. The van der Waals surface area contributed by atoms with Gasteiger partial charge in [-0.2, -0.15) is 0 Å². The number of nitrogens with zero attached hydrogens (tertiary/aromatic N) is 1. The summed E-state index contributed by atoms with van der Waals surface area (Å²) in [5, 5.41) is -0.378. The second kappa shape index (κ2) is 7.51. The van der Waals surface area contributed by atoms with Gasteiger partial charge in [-0.3, -0.25) is 14.5 Å². The van der Waals surface area contributed by atoms with E-state index in [0.29, 0.717) is 10.7 Å².